The third kappa shape index (κ3) is 4.81. The number of nitrogens with one attached hydrogen (secondary N) is 2. The number of hydrogen-bond donors (Lipinski definition) is 2. The summed E-state index contributed by atoms with van der Waals surface area (Å²) in [6, 6.07) is 14.7. The van der Waals surface area contributed by atoms with Crippen molar-refractivity contribution in [2.75, 3.05) is 49.6 Å². The van der Waals surface area contributed by atoms with Gasteiger partial charge < -0.3 is 15.0 Å². The van der Waals surface area contributed by atoms with Crippen molar-refractivity contribution in [3.05, 3.63) is 54.9 Å². The summed E-state index contributed by atoms with van der Waals surface area (Å²) in [6.07, 6.45) is 1.51. The molecule has 1 aliphatic rings. The molecule has 2 N–H and O–H groups in total. The molecule has 0 amide bonds. The van der Waals surface area contributed by atoms with Gasteiger partial charge in [-0.15, -0.1) is 0 Å². The molecule has 1 fully saturated rings. The first-order chi connectivity index (χ1) is 14.1. The van der Waals surface area contributed by atoms with Gasteiger partial charge in [-0.05, 0) is 22.9 Å². The van der Waals surface area contributed by atoms with Crippen molar-refractivity contribution in [1.29, 1.82) is 0 Å². The predicted octanol–water partition coefficient (Wildman–Crippen LogP) is 1.86. The molecule has 1 aliphatic heterocycles. The molecule has 1 saturated heterocycles. The van der Waals surface area contributed by atoms with Crippen molar-refractivity contribution in [2.24, 2.45) is 0 Å². The molecule has 0 radical (unpaired) electrons. The lowest BCUT2D eigenvalue weighted by Gasteiger charge is -2.27. The number of anilines is 2. The average molecular weight is 414 g/mol. The van der Waals surface area contributed by atoms with Gasteiger partial charge in [-0.1, -0.05) is 30.3 Å². The summed E-state index contributed by atoms with van der Waals surface area (Å²) in [5, 5.41) is 5.04. The molecule has 0 unspecified atom stereocenters. The van der Waals surface area contributed by atoms with Crippen LogP contribution in [0.3, 0.4) is 0 Å². The standard InChI is InChI=1S/C20H23N5O3S/c26-29(27,18-6-5-16-3-1-2-4-17(16)13-18)24-8-7-21-19-14-20(23-15-22-19)25-9-11-28-12-10-25/h1-6,13-15,24H,7-12H2,(H,21,22,23). The van der Waals surface area contributed by atoms with E-state index in [4.69, 9.17) is 4.74 Å². The van der Waals surface area contributed by atoms with Crippen molar-refractivity contribution < 1.29 is 13.2 Å². The predicted molar refractivity (Wildman–Crippen MR) is 113 cm³/mol. The number of morpholine rings is 1. The van der Waals surface area contributed by atoms with Crippen molar-refractivity contribution in [1.82, 2.24) is 14.7 Å². The molecule has 9 heteroatoms. The van der Waals surface area contributed by atoms with Crippen LogP contribution in [0.5, 0.6) is 0 Å². The van der Waals surface area contributed by atoms with Crippen LogP contribution in [0.2, 0.25) is 0 Å². The maximum absolute atomic E-state index is 12.6. The highest BCUT2D eigenvalue weighted by atomic mass is 32.2. The largest absolute Gasteiger partial charge is 0.378 e. The maximum Gasteiger partial charge on any atom is 0.240 e. The molecule has 0 atom stereocenters. The number of sulfonamides is 1. The van der Waals surface area contributed by atoms with Crippen LogP contribution >= 0.6 is 0 Å². The lowest BCUT2D eigenvalue weighted by atomic mass is 10.1. The van der Waals surface area contributed by atoms with E-state index in [-0.39, 0.29) is 11.4 Å². The second-order valence-corrected chi connectivity index (χ2v) is 8.46. The van der Waals surface area contributed by atoms with Crippen molar-refractivity contribution in [3.8, 4) is 0 Å². The summed E-state index contributed by atoms with van der Waals surface area (Å²) in [5.41, 5.74) is 0. The molecular formula is C20H23N5O3S. The lowest BCUT2D eigenvalue weighted by Crippen LogP contribution is -2.36. The third-order valence-electron chi connectivity index (χ3n) is 4.74. The van der Waals surface area contributed by atoms with Crippen LogP contribution in [-0.2, 0) is 14.8 Å². The van der Waals surface area contributed by atoms with E-state index in [0.717, 1.165) is 29.7 Å². The number of benzene rings is 2. The Morgan fingerprint density at radius 2 is 1.76 bits per heavy atom. The molecule has 152 valence electrons. The van der Waals surface area contributed by atoms with Crippen LogP contribution < -0.4 is 14.9 Å². The Balaban J connectivity index is 1.33. The van der Waals surface area contributed by atoms with Gasteiger partial charge in [0.1, 0.15) is 18.0 Å². The minimum Gasteiger partial charge on any atom is -0.378 e. The number of fused-ring (bicyclic) bond motifs is 1. The highest BCUT2D eigenvalue weighted by Gasteiger charge is 2.15. The van der Waals surface area contributed by atoms with Gasteiger partial charge in [0.25, 0.3) is 0 Å². The summed E-state index contributed by atoms with van der Waals surface area (Å²) < 4.78 is 33.1. The normalized spacial score (nSPS) is 14.8. The summed E-state index contributed by atoms with van der Waals surface area (Å²) in [5.74, 6) is 1.49. The van der Waals surface area contributed by atoms with Gasteiger partial charge in [-0.3, -0.25) is 0 Å². The van der Waals surface area contributed by atoms with Gasteiger partial charge in [-0.2, -0.15) is 0 Å². The number of aromatic nitrogens is 2. The first kappa shape index (κ1) is 19.6. The number of rotatable bonds is 7. The minimum atomic E-state index is -3.58. The zero-order valence-corrected chi connectivity index (χ0v) is 16.7. The summed E-state index contributed by atoms with van der Waals surface area (Å²) in [4.78, 5) is 10.9. The number of nitrogens with zero attached hydrogens (tertiary/aromatic N) is 3. The summed E-state index contributed by atoms with van der Waals surface area (Å²) in [6.45, 7) is 3.61. The Morgan fingerprint density at radius 3 is 2.59 bits per heavy atom. The van der Waals surface area contributed by atoms with Crippen molar-refractivity contribution in [3.63, 3.8) is 0 Å². The molecule has 1 aromatic heterocycles. The highest BCUT2D eigenvalue weighted by Crippen LogP contribution is 2.19. The van der Waals surface area contributed by atoms with E-state index < -0.39 is 10.0 Å². The smallest absolute Gasteiger partial charge is 0.240 e. The Morgan fingerprint density at radius 1 is 0.966 bits per heavy atom. The molecule has 4 rings (SSSR count). The van der Waals surface area contributed by atoms with Crippen molar-refractivity contribution in [2.45, 2.75) is 4.90 Å². The second kappa shape index (κ2) is 8.73. The average Bonchev–Trinajstić information content (AvgIpc) is 2.77. The SMILES string of the molecule is O=S(=O)(NCCNc1cc(N2CCOCC2)ncn1)c1ccc2ccccc2c1. The summed E-state index contributed by atoms with van der Waals surface area (Å²) in [7, 11) is -3.58. The molecule has 2 heterocycles. The van der Waals surface area contributed by atoms with Crippen LogP contribution in [0, 0.1) is 0 Å². The topological polar surface area (TPSA) is 96.5 Å². The molecule has 0 spiro atoms. The fourth-order valence-corrected chi connectivity index (χ4v) is 4.27. The number of ether oxygens (including phenoxy) is 1. The fraction of sp³-hybridized carbons (Fsp3) is 0.300. The van der Waals surface area contributed by atoms with Crippen LogP contribution in [0.4, 0.5) is 11.6 Å². The summed E-state index contributed by atoms with van der Waals surface area (Å²) >= 11 is 0. The van der Waals surface area contributed by atoms with Gasteiger partial charge in [0.15, 0.2) is 0 Å². The van der Waals surface area contributed by atoms with E-state index in [0.29, 0.717) is 25.6 Å². The van der Waals surface area contributed by atoms with E-state index in [9.17, 15) is 8.42 Å². The van der Waals surface area contributed by atoms with Crippen LogP contribution in [0.1, 0.15) is 0 Å². The quantitative estimate of drug-likeness (QED) is 0.571. The Bertz CT molecular complexity index is 1080. The minimum absolute atomic E-state index is 0.242. The second-order valence-electron chi connectivity index (χ2n) is 6.69. The van der Waals surface area contributed by atoms with Gasteiger partial charge >= 0.3 is 0 Å². The Labute approximate surface area is 170 Å². The third-order valence-corrected chi connectivity index (χ3v) is 6.20. The first-order valence-electron chi connectivity index (χ1n) is 9.49. The van der Waals surface area contributed by atoms with E-state index >= 15 is 0 Å². The molecule has 8 nitrogen and oxygen atoms in total. The zero-order valence-electron chi connectivity index (χ0n) is 15.9. The van der Waals surface area contributed by atoms with Crippen LogP contribution in [0.25, 0.3) is 10.8 Å². The first-order valence-corrected chi connectivity index (χ1v) is 11.0. The van der Waals surface area contributed by atoms with E-state index in [1.165, 1.54) is 6.33 Å². The lowest BCUT2D eigenvalue weighted by molar-refractivity contribution is 0.122. The molecular weight excluding hydrogens is 390 g/mol. The molecule has 0 aliphatic carbocycles. The molecule has 3 aromatic rings. The molecule has 2 aromatic carbocycles. The van der Waals surface area contributed by atoms with Gasteiger partial charge in [0.2, 0.25) is 10.0 Å². The van der Waals surface area contributed by atoms with Gasteiger partial charge in [0.05, 0.1) is 18.1 Å². The maximum atomic E-state index is 12.6. The Kier molecular flexibility index (Phi) is 5.89. The van der Waals surface area contributed by atoms with E-state index in [1.54, 1.807) is 12.1 Å². The Hall–Kier alpha value is -2.75. The highest BCUT2D eigenvalue weighted by molar-refractivity contribution is 7.89. The molecule has 29 heavy (non-hydrogen) atoms. The van der Waals surface area contributed by atoms with E-state index in [1.807, 2.05) is 36.4 Å². The monoisotopic (exact) mass is 413 g/mol. The molecule has 0 bridgehead atoms. The van der Waals surface area contributed by atoms with E-state index in [2.05, 4.69) is 24.9 Å². The van der Waals surface area contributed by atoms with Gasteiger partial charge in [-0.25, -0.2) is 23.1 Å². The number of hydrogen-bond acceptors (Lipinski definition) is 7. The van der Waals surface area contributed by atoms with Crippen molar-refractivity contribution >= 4 is 32.4 Å². The molecule has 0 saturated carbocycles. The van der Waals surface area contributed by atoms with Gasteiger partial charge in [0, 0.05) is 32.2 Å². The van der Waals surface area contributed by atoms with Crippen LogP contribution in [0.15, 0.2) is 59.8 Å². The zero-order chi connectivity index (χ0) is 20.1. The van der Waals surface area contributed by atoms with Crippen LogP contribution in [-0.4, -0.2) is 57.8 Å². The fourth-order valence-electron chi connectivity index (χ4n) is 3.20.